The van der Waals surface area contributed by atoms with Crippen molar-refractivity contribution in [3.05, 3.63) is 30.3 Å². The summed E-state index contributed by atoms with van der Waals surface area (Å²) in [4.78, 5) is 13.2. The third-order valence-electron chi connectivity index (χ3n) is 3.09. The van der Waals surface area contributed by atoms with Crippen LogP contribution in [0.3, 0.4) is 0 Å². The standard InChI is InChI=1S/C17H23N3OS4/c1-2-3-11-23-16-19-20-17(25-16)24-13-15(21)18-10-7-12-22-14-8-5-4-6-9-14/h4-6,8-9H,2-3,7,10-13H2,1H3,(H,18,21). The summed E-state index contributed by atoms with van der Waals surface area (Å²) in [5, 5.41) is 11.3. The second-order valence-electron chi connectivity index (χ2n) is 5.19. The first kappa shape index (κ1) is 20.6. The number of benzene rings is 1. The predicted octanol–water partition coefficient (Wildman–Crippen LogP) is 4.82. The molecule has 0 aliphatic rings. The molecule has 136 valence electrons. The summed E-state index contributed by atoms with van der Waals surface area (Å²) in [5.74, 6) is 2.55. The van der Waals surface area contributed by atoms with Crippen molar-refractivity contribution in [2.75, 3.05) is 23.8 Å². The minimum Gasteiger partial charge on any atom is -0.355 e. The molecular formula is C17H23N3OS4. The van der Waals surface area contributed by atoms with Crippen LogP contribution in [0.2, 0.25) is 0 Å². The molecule has 0 saturated carbocycles. The molecule has 0 bridgehead atoms. The van der Waals surface area contributed by atoms with Gasteiger partial charge < -0.3 is 5.32 Å². The molecule has 0 unspecified atom stereocenters. The van der Waals surface area contributed by atoms with Gasteiger partial charge >= 0.3 is 0 Å². The van der Waals surface area contributed by atoms with Crippen molar-refractivity contribution in [3.63, 3.8) is 0 Å². The van der Waals surface area contributed by atoms with Crippen LogP contribution in [0.5, 0.6) is 0 Å². The monoisotopic (exact) mass is 413 g/mol. The van der Waals surface area contributed by atoms with Gasteiger partial charge in [0.25, 0.3) is 0 Å². The lowest BCUT2D eigenvalue weighted by Gasteiger charge is -2.04. The molecule has 1 amide bonds. The van der Waals surface area contributed by atoms with Crippen molar-refractivity contribution in [1.82, 2.24) is 15.5 Å². The van der Waals surface area contributed by atoms with Gasteiger partial charge in [0.15, 0.2) is 8.68 Å². The Morgan fingerprint density at radius 1 is 1.04 bits per heavy atom. The number of unbranched alkanes of at least 4 members (excludes halogenated alkanes) is 1. The Morgan fingerprint density at radius 2 is 1.76 bits per heavy atom. The normalized spacial score (nSPS) is 10.8. The number of aromatic nitrogens is 2. The largest absolute Gasteiger partial charge is 0.355 e. The molecule has 0 spiro atoms. The number of carbonyl (C=O) groups excluding carboxylic acids is 1. The van der Waals surface area contributed by atoms with Crippen molar-refractivity contribution in [2.45, 2.75) is 39.8 Å². The zero-order valence-corrected chi connectivity index (χ0v) is 17.5. The maximum absolute atomic E-state index is 11.9. The first-order valence-electron chi connectivity index (χ1n) is 8.31. The summed E-state index contributed by atoms with van der Waals surface area (Å²) in [5.41, 5.74) is 0. The molecule has 1 heterocycles. The Kier molecular flexibility index (Phi) is 10.4. The number of thioether (sulfide) groups is 3. The Labute approximate surface area is 166 Å². The molecule has 0 fully saturated rings. The van der Waals surface area contributed by atoms with Crippen LogP contribution in [0.4, 0.5) is 0 Å². The van der Waals surface area contributed by atoms with E-state index >= 15 is 0 Å². The number of nitrogens with one attached hydrogen (secondary N) is 1. The van der Waals surface area contributed by atoms with Crippen molar-refractivity contribution >= 4 is 52.5 Å². The molecule has 0 aliphatic carbocycles. The zero-order chi connectivity index (χ0) is 17.7. The van der Waals surface area contributed by atoms with Crippen LogP contribution >= 0.6 is 46.6 Å². The van der Waals surface area contributed by atoms with Crippen molar-refractivity contribution in [2.24, 2.45) is 0 Å². The molecule has 25 heavy (non-hydrogen) atoms. The molecule has 1 aromatic heterocycles. The Bertz CT molecular complexity index is 621. The van der Waals surface area contributed by atoms with Crippen LogP contribution in [0.1, 0.15) is 26.2 Å². The molecule has 0 aliphatic heterocycles. The topological polar surface area (TPSA) is 54.9 Å². The second-order valence-corrected chi connectivity index (χ2v) is 9.90. The van der Waals surface area contributed by atoms with Crippen LogP contribution in [0.25, 0.3) is 0 Å². The van der Waals surface area contributed by atoms with E-state index in [0.717, 1.165) is 26.6 Å². The average Bonchev–Trinajstić information content (AvgIpc) is 3.09. The minimum absolute atomic E-state index is 0.0603. The van der Waals surface area contributed by atoms with Crippen molar-refractivity contribution < 1.29 is 4.79 Å². The maximum Gasteiger partial charge on any atom is 0.230 e. The fourth-order valence-electron chi connectivity index (χ4n) is 1.80. The molecule has 0 atom stereocenters. The van der Waals surface area contributed by atoms with E-state index in [1.807, 2.05) is 30.0 Å². The fourth-order valence-corrected chi connectivity index (χ4v) is 5.68. The van der Waals surface area contributed by atoms with E-state index in [0.29, 0.717) is 12.3 Å². The number of rotatable bonds is 12. The van der Waals surface area contributed by atoms with Gasteiger partial charge in [0, 0.05) is 17.2 Å². The molecule has 8 heteroatoms. The molecule has 0 saturated heterocycles. The quantitative estimate of drug-likeness (QED) is 0.398. The highest BCUT2D eigenvalue weighted by atomic mass is 32.2. The Hall–Kier alpha value is -0.700. The molecule has 2 aromatic rings. The first-order chi connectivity index (χ1) is 12.3. The summed E-state index contributed by atoms with van der Waals surface area (Å²) >= 11 is 6.60. The molecular weight excluding hydrogens is 390 g/mol. The summed E-state index contributed by atoms with van der Waals surface area (Å²) in [6.07, 6.45) is 3.35. The van der Waals surface area contributed by atoms with Crippen LogP contribution in [0, 0.1) is 0 Å². The highest BCUT2D eigenvalue weighted by molar-refractivity contribution is 8.03. The summed E-state index contributed by atoms with van der Waals surface area (Å²) in [6, 6.07) is 10.3. The SMILES string of the molecule is CCCCSc1nnc(SCC(=O)NCCCSc2ccccc2)s1. The highest BCUT2D eigenvalue weighted by Gasteiger charge is 2.08. The lowest BCUT2D eigenvalue weighted by molar-refractivity contribution is -0.118. The molecule has 1 aromatic carbocycles. The van der Waals surface area contributed by atoms with E-state index < -0.39 is 0 Å². The lowest BCUT2D eigenvalue weighted by atomic mass is 10.4. The van der Waals surface area contributed by atoms with Gasteiger partial charge in [0.2, 0.25) is 5.91 Å². The third-order valence-corrected chi connectivity index (χ3v) is 7.47. The van der Waals surface area contributed by atoms with Crippen LogP contribution < -0.4 is 5.32 Å². The Morgan fingerprint density at radius 3 is 2.52 bits per heavy atom. The van der Waals surface area contributed by atoms with E-state index in [-0.39, 0.29) is 5.91 Å². The van der Waals surface area contributed by atoms with Gasteiger partial charge in [0.1, 0.15) is 0 Å². The van der Waals surface area contributed by atoms with E-state index in [1.54, 1.807) is 23.1 Å². The highest BCUT2D eigenvalue weighted by Crippen LogP contribution is 2.29. The maximum atomic E-state index is 11.9. The predicted molar refractivity (Wildman–Crippen MR) is 111 cm³/mol. The minimum atomic E-state index is 0.0603. The first-order valence-corrected chi connectivity index (χ1v) is 12.1. The smallest absolute Gasteiger partial charge is 0.230 e. The molecule has 0 radical (unpaired) electrons. The molecule has 4 nitrogen and oxygen atoms in total. The van der Waals surface area contributed by atoms with Gasteiger partial charge in [0.05, 0.1) is 5.75 Å². The van der Waals surface area contributed by atoms with Crippen molar-refractivity contribution in [1.29, 1.82) is 0 Å². The molecule has 1 N–H and O–H groups in total. The van der Waals surface area contributed by atoms with Gasteiger partial charge in [-0.3, -0.25) is 4.79 Å². The molecule has 2 rings (SSSR count). The van der Waals surface area contributed by atoms with Gasteiger partial charge in [-0.2, -0.15) is 0 Å². The van der Waals surface area contributed by atoms with Crippen LogP contribution in [-0.4, -0.2) is 39.9 Å². The van der Waals surface area contributed by atoms with Gasteiger partial charge in [-0.25, -0.2) is 0 Å². The van der Waals surface area contributed by atoms with E-state index in [4.69, 9.17) is 0 Å². The van der Waals surface area contributed by atoms with Crippen molar-refractivity contribution in [3.8, 4) is 0 Å². The van der Waals surface area contributed by atoms with E-state index in [9.17, 15) is 4.79 Å². The number of amides is 1. The number of hydrogen-bond acceptors (Lipinski definition) is 7. The van der Waals surface area contributed by atoms with Gasteiger partial charge in [-0.05, 0) is 30.7 Å². The number of carbonyl (C=O) groups is 1. The summed E-state index contributed by atoms with van der Waals surface area (Å²) < 4.78 is 1.86. The number of hydrogen-bond donors (Lipinski definition) is 1. The fraction of sp³-hybridized carbons (Fsp3) is 0.471. The third kappa shape index (κ3) is 8.99. The second kappa shape index (κ2) is 12.6. The van der Waals surface area contributed by atoms with E-state index in [2.05, 4.69) is 34.6 Å². The van der Waals surface area contributed by atoms with Gasteiger partial charge in [-0.15, -0.1) is 22.0 Å². The van der Waals surface area contributed by atoms with Crippen LogP contribution in [0.15, 0.2) is 43.9 Å². The average molecular weight is 414 g/mol. The summed E-state index contributed by atoms with van der Waals surface area (Å²) in [6.45, 7) is 2.90. The summed E-state index contributed by atoms with van der Waals surface area (Å²) in [7, 11) is 0. The zero-order valence-electron chi connectivity index (χ0n) is 14.3. The number of nitrogens with zero attached hydrogens (tertiary/aromatic N) is 2. The Balaban J connectivity index is 1.53. The lowest BCUT2D eigenvalue weighted by Crippen LogP contribution is -2.26. The van der Waals surface area contributed by atoms with Gasteiger partial charge in [-0.1, -0.05) is 66.4 Å². The van der Waals surface area contributed by atoms with Crippen LogP contribution in [-0.2, 0) is 4.79 Å². The van der Waals surface area contributed by atoms with E-state index in [1.165, 1.54) is 29.5 Å².